The van der Waals surface area contributed by atoms with Gasteiger partial charge < -0.3 is 24.7 Å². The molecule has 1 unspecified atom stereocenters. The number of pyridine rings is 1. The Bertz CT molecular complexity index is 1450. The molecule has 0 spiro atoms. The monoisotopic (exact) mass is 523 g/mol. The van der Waals surface area contributed by atoms with Crippen LogP contribution < -0.4 is 10.7 Å². The number of aliphatic hydroxyl groups excluding tert-OH is 2. The zero-order valence-electron chi connectivity index (χ0n) is 20.5. The maximum absolute atomic E-state index is 13.6. The topological polar surface area (TPSA) is 104 Å². The number of rotatable bonds is 9. The van der Waals surface area contributed by atoms with Crippen LogP contribution in [0.25, 0.3) is 16.3 Å². The summed E-state index contributed by atoms with van der Waals surface area (Å²) in [6.07, 6.45) is 0.931. The first kappa shape index (κ1) is 25.6. The Hall–Kier alpha value is -3.01. The van der Waals surface area contributed by atoms with Crippen molar-refractivity contribution in [2.24, 2.45) is 0 Å². The minimum absolute atomic E-state index is 0.0682. The summed E-state index contributed by atoms with van der Waals surface area (Å²) in [6.45, 7) is 3.69. The quantitative estimate of drug-likeness (QED) is 0.310. The van der Waals surface area contributed by atoms with Crippen molar-refractivity contribution in [2.75, 3.05) is 32.9 Å². The highest BCUT2D eigenvalue weighted by Crippen LogP contribution is 2.27. The number of morpholine rings is 1. The molecule has 2 aromatic carbocycles. The predicted octanol–water partition coefficient (Wildman–Crippen LogP) is 2.13. The minimum atomic E-state index is -0.922. The second kappa shape index (κ2) is 11.2. The molecule has 0 aliphatic carbocycles. The van der Waals surface area contributed by atoms with Crippen LogP contribution in [0, 0.1) is 0 Å². The number of carbonyl (C=O) groups excluding carboxylic acids is 1. The third-order valence-corrected chi connectivity index (χ3v) is 7.06. The molecule has 9 heteroatoms. The van der Waals surface area contributed by atoms with Gasteiger partial charge in [-0.15, -0.1) is 0 Å². The van der Waals surface area contributed by atoms with Crippen LogP contribution in [0.4, 0.5) is 0 Å². The number of benzene rings is 2. The predicted molar refractivity (Wildman–Crippen MR) is 142 cm³/mol. The molecule has 1 atom stereocenters. The van der Waals surface area contributed by atoms with E-state index in [1.165, 1.54) is 0 Å². The summed E-state index contributed by atoms with van der Waals surface area (Å²) < 4.78 is 7.34. The molecular formula is C28H30ClN3O5. The van der Waals surface area contributed by atoms with Gasteiger partial charge in [0.1, 0.15) is 0 Å². The Morgan fingerprint density at radius 2 is 1.86 bits per heavy atom. The number of amides is 1. The van der Waals surface area contributed by atoms with Gasteiger partial charge in [0.25, 0.3) is 0 Å². The van der Waals surface area contributed by atoms with Crippen molar-refractivity contribution in [2.45, 2.75) is 32.0 Å². The lowest BCUT2D eigenvalue weighted by molar-refractivity contribution is -0.120. The summed E-state index contributed by atoms with van der Waals surface area (Å²) in [6, 6.07) is 13.2. The lowest BCUT2D eigenvalue weighted by Crippen LogP contribution is -2.35. The van der Waals surface area contributed by atoms with E-state index in [4.69, 9.17) is 16.3 Å². The lowest BCUT2D eigenvalue weighted by atomic mass is 10.0. The summed E-state index contributed by atoms with van der Waals surface area (Å²) in [4.78, 5) is 28.7. The van der Waals surface area contributed by atoms with Gasteiger partial charge in [0.2, 0.25) is 5.91 Å². The molecule has 37 heavy (non-hydrogen) atoms. The molecule has 1 saturated heterocycles. The fraction of sp³-hybridized carbons (Fsp3) is 0.357. The Morgan fingerprint density at radius 3 is 2.59 bits per heavy atom. The van der Waals surface area contributed by atoms with Crippen molar-refractivity contribution >= 4 is 33.8 Å². The maximum atomic E-state index is 13.6. The Labute approximate surface area is 219 Å². The number of carbonyl (C=O) groups is 1. The first-order valence-corrected chi connectivity index (χ1v) is 12.8. The highest BCUT2D eigenvalue weighted by atomic mass is 35.5. The van der Waals surface area contributed by atoms with E-state index in [0.29, 0.717) is 42.3 Å². The molecule has 194 valence electrons. The van der Waals surface area contributed by atoms with Crippen molar-refractivity contribution in [1.29, 1.82) is 0 Å². The molecule has 2 aromatic heterocycles. The van der Waals surface area contributed by atoms with Crippen molar-refractivity contribution in [3.63, 3.8) is 0 Å². The van der Waals surface area contributed by atoms with Gasteiger partial charge >= 0.3 is 0 Å². The van der Waals surface area contributed by atoms with E-state index in [9.17, 15) is 19.8 Å². The second-order valence-electron chi connectivity index (χ2n) is 9.58. The number of hydrogen-bond donors (Lipinski definition) is 3. The summed E-state index contributed by atoms with van der Waals surface area (Å²) >= 11 is 5.93. The molecule has 1 aliphatic rings. The van der Waals surface area contributed by atoms with E-state index in [-0.39, 0.29) is 30.8 Å². The van der Waals surface area contributed by atoms with E-state index in [1.54, 1.807) is 18.3 Å². The first-order valence-electron chi connectivity index (χ1n) is 12.4. The average molecular weight is 524 g/mol. The molecule has 3 heterocycles. The third kappa shape index (κ3) is 5.79. The van der Waals surface area contributed by atoms with E-state index in [2.05, 4.69) is 16.3 Å². The summed E-state index contributed by atoms with van der Waals surface area (Å²) in [5.74, 6) is -0.261. The number of hydrogen-bond acceptors (Lipinski definition) is 6. The normalized spacial score (nSPS) is 15.4. The second-order valence-corrected chi connectivity index (χ2v) is 10.0. The van der Waals surface area contributed by atoms with Crippen LogP contribution in [-0.4, -0.2) is 64.4 Å². The van der Waals surface area contributed by atoms with Crippen LogP contribution >= 0.6 is 11.6 Å². The zero-order chi connectivity index (χ0) is 25.9. The van der Waals surface area contributed by atoms with Gasteiger partial charge in [-0.2, -0.15) is 0 Å². The van der Waals surface area contributed by atoms with Gasteiger partial charge in [0, 0.05) is 65.8 Å². The van der Waals surface area contributed by atoms with Crippen LogP contribution in [-0.2, 0) is 35.5 Å². The van der Waals surface area contributed by atoms with Crippen LogP contribution in [0.2, 0.25) is 5.02 Å². The number of aliphatic hydroxyl groups is 2. The molecule has 8 nitrogen and oxygen atoms in total. The summed E-state index contributed by atoms with van der Waals surface area (Å²) in [5.41, 5.74) is 3.66. The number of aromatic nitrogens is 1. The van der Waals surface area contributed by atoms with Crippen LogP contribution in [0.1, 0.15) is 22.4 Å². The van der Waals surface area contributed by atoms with Crippen molar-refractivity contribution in [1.82, 2.24) is 14.6 Å². The molecule has 1 aliphatic heterocycles. The summed E-state index contributed by atoms with van der Waals surface area (Å²) in [5, 5.41) is 24.5. The Kier molecular flexibility index (Phi) is 7.73. The molecule has 0 saturated carbocycles. The Balaban J connectivity index is 1.47. The largest absolute Gasteiger partial charge is 0.394 e. The van der Waals surface area contributed by atoms with Crippen molar-refractivity contribution in [3.05, 3.63) is 86.3 Å². The number of nitrogens with one attached hydrogen (secondary N) is 1. The van der Waals surface area contributed by atoms with Crippen LogP contribution in [0.5, 0.6) is 0 Å². The molecule has 3 N–H and O–H groups in total. The maximum Gasteiger partial charge on any atom is 0.224 e. The molecule has 1 amide bonds. The van der Waals surface area contributed by atoms with Crippen LogP contribution in [0.3, 0.4) is 0 Å². The molecule has 5 rings (SSSR count). The van der Waals surface area contributed by atoms with Crippen molar-refractivity contribution < 1.29 is 19.7 Å². The van der Waals surface area contributed by atoms with E-state index < -0.39 is 6.10 Å². The fourth-order valence-electron chi connectivity index (χ4n) is 4.93. The molecule has 4 aromatic rings. The lowest BCUT2D eigenvalue weighted by Gasteiger charge is -2.26. The van der Waals surface area contributed by atoms with Gasteiger partial charge in [-0.1, -0.05) is 23.7 Å². The van der Waals surface area contributed by atoms with Crippen molar-refractivity contribution in [3.8, 4) is 0 Å². The summed E-state index contributed by atoms with van der Waals surface area (Å²) in [7, 11) is 0. The fourth-order valence-corrected chi connectivity index (χ4v) is 5.06. The van der Waals surface area contributed by atoms with Gasteiger partial charge in [0.15, 0.2) is 5.43 Å². The average Bonchev–Trinajstić information content (AvgIpc) is 3.23. The zero-order valence-corrected chi connectivity index (χ0v) is 21.2. The van der Waals surface area contributed by atoms with Crippen LogP contribution in [0.15, 0.2) is 53.5 Å². The van der Waals surface area contributed by atoms with Gasteiger partial charge in [-0.25, -0.2) is 0 Å². The highest BCUT2D eigenvalue weighted by molar-refractivity contribution is 6.30. The van der Waals surface area contributed by atoms with E-state index in [0.717, 1.165) is 40.8 Å². The van der Waals surface area contributed by atoms with Gasteiger partial charge in [-0.05, 0) is 41.5 Å². The minimum Gasteiger partial charge on any atom is -0.394 e. The van der Waals surface area contributed by atoms with Gasteiger partial charge in [-0.3, -0.25) is 14.5 Å². The molecule has 0 radical (unpaired) electrons. The first-order chi connectivity index (χ1) is 17.9. The highest BCUT2D eigenvalue weighted by Gasteiger charge is 2.20. The molecule has 1 fully saturated rings. The number of nitrogens with zero attached hydrogens (tertiary/aromatic N) is 2. The SMILES string of the molecule is O=C(Cc1cn2c(CC(O)CO)cc3cc(CN4CCOCC4)cc(c1=O)c32)NCc1ccc(Cl)cc1. The van der Waals surface area contributed by atoms with Gasteiger partial charge in [0.05, 0.1) is 37.9 Å². The third-order valence-electron chi connectivity index (χ3n) is 6.81. The van der Waals surface area contributed by atoms with E-state index in [1.807, 2.05) is 28.7 Å². The Morgan fingerprint density at radius 1 is 1.11 bits per heavy atom. The smallest absolute Gasteiger partial charge is 0.224 e. The standard InChI is InChI=1S/C28H30ClN3O5/c29-22-3-1-18(2-4-22)14-30-26(35)12-21-16-32-23(13-24(34)17-33)11-20-9-19(10-25(27(20)32)28(21)36)15-31-5-7-37-8-6-31/h1-4,9-11,16,24,33-34H,5-8,12-15,17H2,(H,30,35). The number of halogens is 1. The molecular weight excluding hydrogens is 494 g/mol. The number of ether oxygens (including phenoxy) is 1. The van der Waals surface area contributed by atoms with E-state index >= 15 is 0 Å². The molecule has 0 bridgehead atoms.